The molecular weight excluding hydrogens is 332 g/mol. The van der Waals surface area contributed by atoms with E-state index >= 15 is 0 Å². The average molecular weight is 368 g/mol. The lowest BCUT2D eigenvalue weighted by molar-refractivity contribution is -0.136. The third-order valence-electron chi connectivity index (χ3n) is 2.16. The van der Waals surface area contributed by atoms with Crippen LogP contribution in [-0.4, -0.2) is 89.4 Å². The second-order valence-corrected chi connectivity index (χ2v) is 4.34. The fourth-order valence-corrected chi connectivity index (χ4v) is 1.05. The highest BCUT2D eigenvalue weighted by Gasteiger charge is 1.95. The van der Waals surface area contributed by atoms with Crippen molar-refractivity contribution >= 4 is 5.97 Å². The van der Waals surface area contributed by atoms with Crippen molar-refractivity contribution < 1.29 is 38.7 Å². The Hall–Kier alpha value is -1.03. The van der Waals surface area contributed by atoms with Crippen LogP contribution in [0.5, 0.6) is 0 Å². The Morgan fingerprint density at radius 3 is 1.32 bits per heavy atom. The summed E-state index contributed by atoms with van der Waals surface area (Å²) in [6.45, 7) is 13.4. The van der Waals surface area contributed by atoms with E-state index in [0.29, 0.717) is 45.2 Å². The van der Waals surface area contributed by atoms with Crippen LogP contribution in [0, 0.1) is 0 Å². The largest absolute Gasteiger partial charge is 0.466 e. The molecule has 0 fully saturated rings. The summed E-state index contributed by atoms with van der Waals surface area (Å²) >= 11 is 0. The summed E-state index contributed by atoms with van der Waals surface area (Å²) in [6, 6.07) is 0. The number of methoxy groups -OCH3 is 1. The number of hydrogen-bond acceptors (Lipinski definition) is 8. The Morgan fingerprint density at radius 2 is 1.16 bits per heavy atom. The molecule has 0 radical (unpaired) electrons. The van der Waals surface area contributed by atoms with Gasteiger partial charge in [0.05, 0.1) is 60.0 Å². The minimum absolute atomic E-state index is 0.0413. The lowest BCUT2D eigenvalue weighted by Gasteiger charge is -2.04. The zero-order chi connectivity index (χ0) is 19.8. The molecule has 0 spiro atoms. The van der Waals surface area contributed by atoms with Gasteiger partial charge in [0.2, 0.25) is 0 Å². The summed E-state index contributed by atoms with van der Waals surface area (Å²) in [5.74, 6) is -0.347. The first-order valence-electron chi connectivity index (χ1n) is 8.28. The normalized spacial score (nSPS) is 9.36. The van der Waals surface area contributed by atoms with Crippen LogP contribution in [0.1, 0.15) is 20.8 Å². The molecule has 25 heavy (non-hydrogen) atoms. The highest BCUT2D eigenvalue weighted by molar-refractivity contribution is 5.86. The maximum Gasteiger partial charge on any atom is 0.332 e. The topological polar surface area (TPSA) is 104 Å². The fraction of sp³-hybridized carbons (Fsp3) is 0.824. The fourth-order valence-electron chi connectivity index (χ4n) is 1.05. The van der Waals surface area contributed by atoms with Gasteiger partial charge >= 0.3 is 5.97 Å². The Bertz CT molecular complexity index is 259. The van der Waals surface area contributed by atoms with Crippen molar-refractivity contribution in [3.05, 3.63) is 12.2 Å². The van der Waals surface area contributed by atoms with Crippen molar-refractivity contribution in [1.82, 2.24) is 0 Å². The van der Waals surface area contributed by atoms with Crippen LogP contribution in [0.2, 0.25) is 0 Å². The van der Waals surface area contributed by atoms with Crippen molar-refractivity contribution in [3.63, 3.8) is 0 Å². The van der Waals surface area contributed by atoms with Crippen LogP contribution < -0.4 is 0 Å². The zero-order valence-electron chi connectivity index (χ0n) is 16.1. The molecule has 0 rings (SSSR count). The summed E-state index contributed by atoms with van der Waals surface area (Å²) in [4.78, 5) is 10.2. The molecule has 152 valence electrons. The van der Waals surface area contributed by atoms with Crippen LogP contribution in [0.25, 0.3) is 0 Å². The van der Waals surface area contributed by atoms with Gasteiger partial charge in [0.15, 0.2) is 0 Å². The van der Waals surface area contributed by atoms with Gasteiger partial charge in [-0.3, -0.25) is 0 Å². The molecule has 0 aliphatic carbocycles. The second-order valence-electron chi connectivity index (χ2n) is 4.34. The van der Waals surface area contributed by atoms with E-state index in [4.69, 9.17) is 29.2 Å². The highest BCUT2D eigenvalue weighted by Crippen LogP contribution is 1.87. The van der Waals surface area contributed by atoms with Gasteiger partial charge in [-0.1, -0.05) is 6.58 Å². The monoisotopic (exact) mass is 368 g/mol. The average Bonchev–Trinajstić information content (AvgIpc) is 2.61. The van der Waals surface area contributed by atoms with Gasteiger partial charge in [-0.15, -0.1) is 0 Å². The molecule has 0 aliphatic heterocycles. The van der Waals surface area contributed by atoms with E-state index in [2.05, 4.69) is 11.3 Å². The van der Waals surface area contributed by atoms with Crippen LogP contribution in [0.4, 0.5) is 0 Å². The molecule has 8 heteroatoms. The molecule has 0 aromatic rings. The minimum atomic E-state index is -0.347. The predicted molar refractivity (Wildman–Crippen MR) is 95.6 cm³/mol. The highest BCUT2D eigenvalue weighted by atomic mass is 16.5. The van der Waals surface area contributed by atoms with Crippen LogP contribution in [0.3, 0.4) is 0 Å². The number of ether oxygens (including phenoxy) is 5. The quantitative estimate of drug-likeness (QED) is 0.279. The summed E-state index contributed by atoms with van der Waals surface area (Å²) in [5, 5.41) is 16.7. The third kappa shape index (κ3) is 35.1. The van der Waals surface area contributed by atoms with Gasteiger partial charge < -0.3 is 33.9 Å². The number of aliphatic hydroxyl groups excluding tert-OH is 2. The Labute approximate surface area is 151 Å². The van der Waals surface area contributed by atoms with Crippen molar-refractivity contribution in [1.29, 1.82) is 0 Å². The Kier molecular flexibility index (Phi) is 32.0. The van der Waals surface area contributed by atoms with Gasteiger partial charge in [0, 0.05) is 18.8 Å². The second kappa shape index (κ2) is 27.8. The molecule has 0 amide bonds. The summed E-state index contributed by atoms with van der Waals surface area (Å²) in [7, 11) is 1.33. The molecule has 8 nitrogen and oxygen atoms in total. The Balaban J connectivity index is -0.000000337. The number of esters is 1. The molecule has 0 aromatic carbocycles. The number of hydrogen-bond donors (Lipinski definition) is 2. The van der Waals surface area contributed by atoms with E-state index in [1.165, 1.54) is 7.11 Å². The molecular formula is C17H36O8. The molecule has 0 atom stereocenters. The van der Waals surface area contributed by atoms with Crippen LogP contribution in [-0.2, 0) is 28.5 Å². The maximum atomic E-state index is 10.2. The number of carbonyl (C=O) groups is 1. The van der Waals surface area contributed by atoms with E-state index in [9.17, 15) is 4.79 Å². The minimum Gasteiger partial charge on any atom is -0.466 e. The number of carbonyl (C=O) groups excluding carboxylic acids is 1. The van der Waals surface area contributed by atoms with E-state index in [1.807, 2.05) is 13.8 Å². The molecule has 0 aromatic heterocycles. The van der Waals surface area contributed by atoms with E-state index in [-0.39, 0.29) is 19.2 Å². The molecule has 0 heterocycles. The van der Waals surface area contributed by atoms with E-state index < -0.39 is 0 Å². The standard InChI is InChI=1S/C8H18O5.C5H8O2.C4H10O/c9-1-3-11-5-7-13-8-6-12-4-2-10;1-4(2)5(6)7-3;1-3-5-4-2/h9-10H,1-8H2;1H2,2-3H3;3-4H2,1-2H3. The molecule has 0 bridgehead atoms. The molecule has 2 N–H and O–H groups in total. The Morgan fingerprint density at radius 1 is 0.800 bits per heavy atom. The first-order chi connectivity index (χ1) is 12.0. The molecule has 0 unspecified atom stereocenters. The molecule has 0 saturated heterocycles. The third-order valence-corrected chi connectivity index (χ3v) is 2.16. The van der Waals surface area contributed by atoms with E-state index in [0.717, 1.165) is 13.2 Å². The van der Waals surface area contributed by atoms with Gasteiger partial charge in [-0.05, 0) is 20.8 Å². The number of rotatable bonds is 13. The van der Waals surface area contributed by atoms with Gasteiger partial charge in [-0.2, -0.15) is 0 Å². The predicted octanol–water partition coefficient (Wildman–Crippen LogP) is 0.799. The lowest BCUT2D eigenvalue weighted by atomic mass is 10.4. The maximum absolute atomic E-state index is 10.2. The van der Waals surface area contributed by atoms with E-state index in [1.54, 1.807) is 6.92 Å². The lowest BCUT2D eigenvalue weighted by Crippen LogP contribution is -2.11. The zero-order valence-corrected chi connectivity index (χ0v) is 16.1. The van der Waals surface area contributed by atoms with Crippen molar-refractivity contribution in [2.75, 3.05) is 73.2 Å². The summed E-state index contributed by atoms with van der Waals surface area (Å²) in [6.07, 6.45) is 0. The first kappa shape index (κ1) is 28.8. The SMILES string of the molecule is C=C(C)C(=O)OC.CCOCC.OCCOCCOCCOCCO. The van der Waals surface area contributed by atoms with Crippen molar-refractivity contribution in [2.24, 2.45) is 0 Å². The number of aliphatic hydroxyl groups is 2. The first-order valence-corrected chi connectivity index (χ1v) is 8.28. The molecule has 0 saturated carbocycles. The smallest absolute Gasteiger partial charge is 0.332 e. The van der Waals surface area contributed by atoms with Crippen molar-refractivity contribution in [2.45, 2.75) is 20.8 Å². The molecule has 0 aliphatic rings. The van der Waals surface area contributed by atoms with Gasteiger partial charge in [0.25, 0.3) is 0 Å². The van der Waals surface area contributed by atoms with Crippen molar-refractivity contribution in [3.8, 4) is 0 Å². The van der Waals surface area contributed by atoms with Gasteiger partial charge in [0.1, 0.15) is 0 Å². The van der Waals surface area contributed by atoms with Crippen LogP contribution >= 0.6 is 0 Å². The summed E-state index contributed by atoms with van der Waals surface area (Å²) < 4.78 is 24.1. The summed E-state index contributed by atoms with van der Waals surface area (Å²) in [5.41, 5.74) is 0.433. The van der Waals surface area contributed by atoms with Crippen LogP contribution in [0.15, 0.2) is 12.2 Å². The van der Waals surface area contributed by atoms with Gasteiger partial charge in [-0.25, -0.2) is 4.79 Å².